The number of urea groups is 1. The molecule has 2 aliphatic rings. The SMILES string of the molecule is CP(C)c1ccccc1-c1ccc(N2CCC(NC(=O)Nc3ccc(C(F)(F)F)cc3F)C2=O)c(F)c1C1CC1. The lowest BCUT2D eigenvalue weighted by Crippen LogP contribution is -2.43. The fourth-order valence-electron chi connectivity index (χ4n) is 5.05. The van der Waals surface area contributed by atoms with E-state index < -0.39 is 55.0 Å². The predicted molar refractivity (Wildman–Crippen MR) is 147 cm³/mol. The second-order valence-corrected chi connectivity index (χ2v) is 12.4. The van der Waals surface area contributed by atoms with Crippen LogP contribution in [0.1, 0.15) is 36.3 Å². The van der Waals surface area contributed by atoms with Crippen LogP contribution >= 0.6 is 7.92 Å². The number of anilines is 2. The number of nitrogens with one attached hydrogen (secondary N) is 2. The molecule has 0 aromatic heterocycles. The van der Waals surface area contributed by atoms with Gasteiger partial charge in [0.2, 0.25) is 5.91 Å². The van der Waals surface area contributed by atoms with Gasteiger partial charge in [0.15, 0.2) is 5.82 Å². The number of halogens is 5. The first-order valence-electron chi connectivity index (χ1n) is 12.8. The molecule has 3 aromatic carbocycles. The van der Waals surface area contributed by atoms with Crippen LogP contribution in [0, 0.1) is 11.6 Å². The summed E-state index contributed by atoms with van der Waals surface area (Å²) in [6.45, 7) is 4.45. The quantitative estimate of drug-likeness (QED) is 0.250. The summed E-state index contributed by atoms with van der Waals surface area (Å²) < 4.78 is 68.6. The van der Waals surface area contributed by atoms with Gasteiger partial charge in [0.1, 0.15) is 11.9 Å². The molecule has 11 heteroatoms. The molecule has 1 aliphatic carbocycles. The normalized spacial score (nSPS) is 17.4. The standard InChI is InChI=1S/C29H27F5N3O2P/c1-40(2)24-6-4-3-5-18(24)19-10-12-23(26(31)25(19)16-7-8-16)37-14-13-22(27(37)38)36-28(39)35-21-11-9-17(15-20(21)30)29(32,33)34/h3-6,9-12,15-16,22H,7-8,13-14H2,1-2H3,(H2,35,36,39). The highest BCUT2D eigenvalue weighted by Gasteiger charge is 2.38. The molecule has 5 nitrogen and oxygen atoms in total. The first-order valence-corrected chi connectivity index (χ1v) is 15.0. The van der Waals surface area contributed by atoms with Gasteiger partial charge in [-0.05, 0) is 79.2 Å². The molecular formula is C29H27F5N3O2P. The van der Waals surface area contributed by atoms with Gasteiger partial charge in [-0.3, -0.25) is 4.79 Å². The maximum absolute atomic E-state index is 16.1. The summed E-state index contributed by atoms with van der Waals surface area (Å²) in [7, 11) is -0.433. The van der Waals surface area contributed by atoms with Gasteiger partial charge in [-0.25, -0.2) is 13.6 Å². The fourth-order valence-corrected chi connectivity index (χ4v) is 6.11. The lowest BCUT2D eigenvalue weighted by Gasteiger charge is -2.22. The van der Waals surface area contributed by atoms with Crippen LogP contribution in [0.5, 0.6) is 0 Å². The molecule has 1 saturated heterocycles. The van der Waals surface area contributed by atoms with E-state index in [4.69, 9.17) is 0 Å². The van der Waals surface area contributed by atoms with E-state index >= 15 is 4.39 Å². The minimum absolute atomic E-state index is 0.0685. The number of hydrogen-bond donors (Lipinski definition) is 2. The topological polar surface area (TPSA) is 61.4 Å². The van der Waals surface area contributed by atoms with Gasteiger partial charge in [0.05, 0.1) is 16.9 Å². The molecule has 0 radical (unpaired) electrons. The molecule has 1 unspecified atom stereocenters. The van der Waals surface area contributed by atoms with Crippen molar-refractivity contribution in [2.45, 2.75) is 37.4 Å². The maximum Gasteiger partial charge on any atom is 0.416 e. The van der Waals surface area contributed by atoms with Gasteiger partial charge < -0.3 is 15.5 Å². The Kier molecular flexibility index (Phi) is 7.57. The van der Waals surface area contributed by atoms with Crippen LogP contribution in [0.15, 0.2) is 54.6 Å². The third-order valence-corrected chi connectivity index (χ3v) is 8.52. The largest absolute Gasteiger partial charge is 0.416 e. The van der Waals surface area contributed by atoms with Crippen molar-refractivity contribution in [1.29, 1.82) is 0 Å². The second kappa shape index (κ2) is 10.8. The van der Waals surface area contributed by atoms with Crippen molar-refractivity contribution in [3.63, 3.8) is 0 Å². The van der Waals surface area contributed by atoms with Crippen LogP contribution in [-0.2, 0) is 11.0 Å². The summed E-state index contributed by atoms with van der Waals surface area (Å²) in [5.41, 5.74) is 0.903. The summed E-state index contributed by atoms with van der Waals surface area (Å²) in [4.78, 5) is 26.9. The van der Waals surface area contributed by atoms with Gasteiger partial charge in [-0.2, -0.15) is 13.2 Å². The summed E-state index contributed by atoms with van der Waals surface area (Å²) >= 11 is 0. The monoisotopic (exact) mass is 575 g/mol. The molecule has 1 saturated carbocycles. The number of benzene rings is 3. The number of nitrogens with zero attached hydrogens (tertiary/aromatic N) is 1. The van der Waals surface area contributed by atoms with Crippen LogP contribution in [0.2, 0.25) is 0 Å². The Morgan fingerprint density at radius 2 is 1.70 bits per heavy atom. The minimum atomic E-state index is -4.73. The third-order valence-electron chi connectivity index (χ3n) is 7.17. The molecule has 1 heterocycles. The van der Waals surface area contributed by atoms with Gasteiger partial charge in [-0.1, -0.05) is 38.3 Å². The molecule has 1 aliphatic heterocycles. The highest BCUT2D eigenvalue weighted by molar-refractivity contribution is 7.64. The maximum atomic E-state index is 16.1. The summed E-state index contributed by atoms with van der Waals surface area (Å²) in [6.07, 6.45) is -2.82. The van der Waals surface area contributed by atoms with E-state index in [0.717, 1.165) is 30.0 Å². The molecule has 0 spiro atoms. The lowest BCUT2D eigenvalue weighted by molar-refractivity contribution is -0.137. The smallest absolute Gasteiger partial charge is 0.326 e. The molecule has 40 heavy (non-hydrogen) atoms. The number of rotatable bonds is 6. The van der Waals surface area contributed by atoms with Crippen molar-refractivity contribution in [2.24, 2.45) is 0 Å². The predicted octanol–water partition coefficient (Wildman–Crippen LogP) is 6.82. The molecule has 210 valence electrons. The Labute approximate surface area is 229 Å². The molecular weight excluding hydrogens is 548 g/mol. The van der Waals surface area contributed by atoms with Gasteiger partial charge in [-0.15, -0.1) is 0 Å². The molecule has 0 bridgehead atoms. The average molecular weight is 576 g/mol. The van der Waals surface area contributed by atoms with Crippen molar-refractivity contribution in [3.05, 3.63) is 77.4 Å². The van der Waals surface area contributed by atoms with Crippen molar-refractivity contribution in [1.82, 2.24) is 5.32 Å². The van der Waals surface area contributed by atoms with Crippen LogP contribution in [0.4, 0.5) is 38.1 Å². The Morgan fingerprint density at radius 3 is 2.35 bits per heavy atom. The molecule has 2 N–H and O–H groups in total. The van der Waals surface area contributed by atoms with Crippen LogP contribution < -0.4 is 20.8 Å². The van der Waals surface area contributed by atoms with Gasteiger partial charge in [0, 0.05) is 12.1 Å². The number of amides is 3. The number of hydrogen-bond acceptors (Lipinski definition) is 2. The first kappa shape index (κ1) is 28.0. The minimum Gasteiger partial charge on any atom is -0.326 e. The number of carbonyl (C=O) groups is 2. The van der Waals surface area contributed by atoms with Gasteiger partial charge >= 0.3 is 12.2 Å². The first-order chi connectivity index (χ1) is 19.0. The van der Waals surface area contributed by atoms with Crippen molar-refractivity contribution in [2.75, 3.05) is 30.1 Å². The van der Waals surface area contributed by atoms with E-state index in [-0.39, 0.29) is 30.6 Å². The second-order valence-electron chi connectivity index (χ2n) is 10.2. The van der Waals surface area contributed by atoms with Crippen LogP contribution in [0.25, 0.3) is 11.1 Å². The Balaban J connectivity index is 1.34. The zero-order valence-corrected chi connectivity index (χ0v) is 22.7. The number of alkyl halides is 3. The summed E-state index contributed by atoms with van der Waals surface area (Å²) in [6, 6.07) is 11.2. The Bertz CT molecular complexity index is 1470. The summed E-state index contributed by atoms with van der Waals surface area (Å²) in [5.74, 6) is -2.17. The molecule has 3 amide bonds. The van der Waals surface area contributed by atoms with Gasteiger partial charge in [0.25, 0.3) is 0 Å². The zero-order chi connectivity index (χ0) is 28.8. The van der Waals surface area contributed by atoms with E-state index in [1.54, 1.807) is 6.07 Å². The fraction of sp³-hybridized carbons (Fsp3) is 0.310. The Morgan fingerprint density at radius 1 is 0.975 bits per heavy atom. The van der Waals surface area contributed by atoms with E-state index in [2.05, 4.69) is 30.0 Å². The van der Waals surface area contributed by atoms with E-state index in [0.29, 0.717) is 11.6 Å². The average Bonchev–Trinajstić information content (AvgIpc) is 3.68. The summed E-state index contributed by atoms with van der Waals surface area (Å²) in [5, 5.41) is 5.73. The molecule has 2 fully saturated rings. The highest BCUT2D eigenvalue weighted by atomic mass is 31.1. The van der Waals surface area contributed by atoms with Crippen molar-refractivity contribution in [3.8, 4) is 11.1 Å². The van der Waals surface area contributed by atoms with Crippen molar-refractivity contribution < 1.29 is 31.5 Å². The Hall–Kier alpha value is -3.52. The zero-order valence-electron chi connectivity index (χ0n) is 21.8. The molecule has 3 aromatic rings. The van der Waals surface area contributed by atoms with Crippen LogP contribution in [0.3, 0.4) is 0 Å². The van der Waals surface area contributed by atoms with E-state index in [1.165, 1.54) is 10.2 Å². The number of carbonyl (C=O) groups excluding carboxylic acids is 2. The molecule has 5 rings (SSSR count). The highest BCUT2D eigenvalue weighted by Crippen LogP contribution is 2.48. The molecule has 1 atom stereocenters. The van der Waals surface area contributed by atoms with E-state index in [9.17, 15) is 27.2 Å². The van der Waals surface area contributed by atoms with E-state index in [1.807, 2.05) is 24.3 Å². The third kappa shape index (κ3) is 5.55. The van der Waals surface area contributed by atoms with Crippen LogP contribution in [-0.4, -0.2) is 37.9 Å². The lowest BCUT2D eigenvalue weighted by atomic mass is 9.95. The van der Waals surface area contributed by atoms with Crippen molar-refractivity contribution >= 4 is 36.5 Å².